The monoisotopic (exact) mass is 363 g/mol. The number of amides is 1. The lowest BCUT2D eigenvalue weighted by atomic mass is 10.2. The zero-order valence-corrected chi connectivity index (χ0v) is 14.6. The van der Waals surface area contributed by atoms with Gasteiger partial charge in [0.25, 0.3) is 11.5 Å². The average Bonchev–Trinajstić information content (AvgIpc) is 2.50. The lowest BCUT2D eigenvalue weighted by molar-refractivity contribution is 0.0949. The van der Waals surface area contributed by atoms with Crippen LogP contribution >= 0.6 is 24.8 Å². The van der Waals surface area contributed by atoms with Gasteiger partial charge in [0.15, 0.2) is 0 Å². The van der Waals surface area contributed by atoms with Crippen molar-refractivity contribution in [2.75, 3.05) is 20.1 Å². The number of carbonyl (C=O) groups excluding carboxylic acids is 1. The van der Waals surface area contributed by atoms with Crippen molar-refractivity contribution in [1.29, 1.82) is 0 Å². The van der Waals surface area contributed by atoms with Gasteiger partial charge in [0, 0.05) is 27.2 Å². The number of nitrogens with one attached hydrogen (secondary N) is 2. The number of fused-ring (bicyclic) bond motifs is 1. The molecule has 0 aliphatic carbocycles. The van der Waals surface area contributed by atoms with Crippen LogP contribution < -0.4 is 21.9 Å². The molecule has 2 aromatic rings. The fourth-order valence-electron chi connectivity index (χ4n) is 1.97. The maximum Gasteiger partial charge on any atom is 0.332 e. The topological polar surface area (TPSA) is 98.0 Å². The molecule has 1 amide bonds. The Bertz CT molecular complexity index is 816. The summed E-state index contributed by atoms with van der Waals surface area (Å²) in [5, 5.41) is 5.90. The van der Waals surface area contributed by atoms with Gasteiger partial charge >= 0.3 is 5.69 Å². The molecule has 0 spiro atoms. The summed E-state index contributed by atoms with van der Waals surface area (Å²) in [6.07, 6.45) is 0. The summed E-state index contributed by atoms with van der Waals surface area (Å²) in [5.41, 5.74) is -0.540. The number of likely N-dealkylation sites (N-methyl/N-ethyl adjacent to an activating group) is 1. The first-order chi connectivity index (χ1) is 9.97. The highest BCUT2D eigenvalue weighted by atomic mass is 35.5. The van der Waals surface area contributed by atoms with Crippen molar-refractivity contribution in [2.45, 2.75) is 0 Å². The van der Waals surface area contributed by atoms with Gasteiger partial charge in [-0.15, -0.1) is 24.8 Å². The zero-order chi connectivity index (χ0) is 15.6. The van der Waals surface area contributed by atoms with Crippen LogP contribution in [0.5, 0.6) is 0 Å². The average molecular weight is 364 g/mol. The quantitative estimate of drug-likeness (QED) is 0.708. The van der Waals surface area contributed by atoms with Gasteiger partial charge in [-0.05, 0) is 19.2 Å². The van der Waals surface area contributed by atoms with E-state index >= 15 is 0 Å². The summed E-state index contributed by atoms with van der Waals surface area (Å²) in [5.74, 6) is -0.347. The number of halogens is 2. The minimum Gasteiger partial charge on any atom is -0.349 e. The van der Waals surface area contributed by atoms with E-state index in [-0.39, 0.29) is 42.1 Å². The number of pyridine rings is 1. The number of hydrogen-bond donors (Lipinski definition) is 2. The molecule has 0 aliphatic heterocycles. The molecular formula is C13H19Cl2N5O3. The van der Waals surface area contributed by atoms with Gasteiger partial charge in [0.05, 0.1) is 5.39 Å². The van der Waals surface area contributed by atoms with Crippen molar-refractivity contribution >= 4 is 41.8 Å². The fraction of sp³-hybridized carbons (Fsp3) is 0.385. The van der Waals surface area contributed by atoms with Gasteiger partial charge in [-0.25, -0.2) is 9.78 Å². The maximum absolute atomic E-state index is 12.0. The van der Waals surface area contributed by atoms with Crippen molar-refractivity contribution in [3.05, 3.63) is 38.7 Å². The van der Waals surface area contributed by atoms with Gasteiger partial charge in [0.1, 0.15) is 11.3 Å². The highest BCUT2D eigenvalue weighted by Gasteiger charge is 2.13. The molecule has 23 heavy (non-hydrogen) atoms. The minimum atomic E-state index is -0.479. The van der Waals surface area contributed by atoms with E-state index in [1.54, 1.807) is 7.05 Å². The van der Waals surface area contributed by atoms with Crippen LogP contribution in [0.25, 0.3) is 11.0 Å². The first kappa shape index (κ1) is 21.1. The molecule has 0 aromatic carbocycles. The Kier molecular flexibility index (Phi) is 7.94. The minimum absolute atomic E-state index is 0. The van der Waals surface area contributed by atoms with Crippen LogP contribution in [0.15, 0.2) is 21.7 Å². The molecule has 0 aliphatic rings. The summed E-state index contributed by atoms with van der Waals surface area (Å²) in [6.45, 7) is 1.10. The van der Waals surface area contributed by atoms with Crippen molar-refractivity contribution in [3.63, 3.8) is 0 Å². The third kappa shape index (κ3) is 4.10. The largest absolute Gasteiger partial charge is 0.349 e. The number of aromatic nitrogens is 3. The molecular weight excluding hydrogens is 345 g/mol. The third-order valence-corrected chi connectivity index (χ3v) is 3.19. The first-order valence-corrected chi connectivity index (χ1v) is 6.47. The van der Waals surface area contributed by atoms with E-state index < -0.39 is 11.2 Å². The van der Waals surface area contributed by atoms with Gasteiger partial charge in [0.2, 0.25) is 0 Å². The summed E-state index contributed by atoms with van der Waals surface area (Å²) in [7, 11) is 4.70. The normalized spacial score (nSPS) is 9.87. The van der Waals surface area contributed by atoms with Gasteiger partial charge in [-0.3, -0.25) is 18.7 Å². The van der Waals surface area contributed by atoms with Crippen molar-refractivity contribution < 1.29 is 4.79 Å². The summed E-state index contributed by atoms with van der Waals surface area (Å²) < 4.78 is 2.26. The van der Waals surface area contributed by atoms with E-state index in [4.69, 9.17) is 0 Å². The summed E-state index contributed by atoms with van der Waals surface area (Å²) >= 11 is 0. The number of rotatable bonds is 4. The van der Waals surface area contributed by atoms with Crippen LogP contribution in [0.4, 0.5) is 0 Å². The maximum atomic E-state index is 12.0. The predicted molar refractivity (Wildman–Crippen MR) is 93.0 cm³/mol. The van der Waals surface area contributed by atoms with Crippen LogP contribution in [0, 0.1) is 0 Å². The molecule has 0 saturated carbocycles. The molecule has 2 heterocycles. The third-order valence-electron chi connectivity index (χ3n) is 3.19. The highest BCUT2D eigenvalue weighted by molar-refractivity contribution is 5.94. The van der Waals surface area contributed by atoms with E-state index in [0.29, 0.717) is 18.5 Å². The molecule has 2 aromatic heterocycles. The summed E-state index contributed by atoms with van der Waals surface area (Å²) in [6, 6.07) is 2.99. The second kappa shape index (κ2) is 8.66. The van der Waals surface area contributed by atoms with Crippen LogP contribution in [0.3, 0.4) is 0 Å². The van der Waals surface area contributed by atoms with Crippen LogP contribution in [0.1, 0.15) is 10.5 Å². The molecule has 0 bridgehead atoms. The van der Waals surface area contributed by atoms with Crippen molar-refractivity contribution in [3.8, 4) is 0 Å². The second-order valence-corrected chi connectivity index (χ2v) is 4.63. The second-order valence-electron chi connectivity index (χ2n) is 4.63. The van der Waals surface area contributed by atoms with E-state index in [1.165, 1.54) is 30.8 Å². The van der Waals surface area contributed by atoms with E-state index in [0.717, 1.165) is 4.57 Å². The molecule has 0 fully saturated rings. The standard InChI is InChI=1S/C13H17N5O3.2ClH/c1-14-6-7-15-11(19)9-5-4-8-10(16-9)17(2)13(21)18(3)12(8)20;;/h4-5,14H,6-7H2,1-3H3,(H,15,19);2*1H. The lowest BCUT2D eigenvalue weighted by Crippen LogP contribution is -2.37. The highest BCUT2D eigenvalue weighted by Crippen LogP contribution is 2.06. The Hall–Kier alpha value is -1.90. The van der Waals surface area contributed by atoms with Gasteiger partial charge in [-0.2, -0.15) is 0 Å². The Labute approximate surface area is 144 Å². The Balaban J connectivity index is 0.00000242. The molecule has 0 saturated heterocycles. The molecule has 8 nitrogen and oxygen atoms in total. The predicted octanol–water partition coefficient (Wildman–Crippen LogP) is -0.575. The Morgan fingerprint density at radius 1 is 1.13 bits per heavy atom. The smallest absolute Gasteiger partial charge is 0.332 e. The molecule has 2 rings (SSSR count). The van der Waals surface area contributed by atoms with Gasteiger partial charge < -0.3 is 10.6 Å². The molecule has 128 valence electrons. The van der Waals surface area contributed by atoms with E-state index in [2.05, 4.69) is 15.6 Å². The molecule has 0 atom stereocenters. The molecule has 0 radical (unpaired) electrons. The Morgan fingerprint density at radius 3 is 2.39 bits per heavy atom. The van der Waals surface area contributed by atoms with Crippen LogP contribution in [-0.4, -0.2) is 40.2 Å². The molecule has 10 heteroatoms. The number of aryl methyl sites for hydroxylation is 1. The molecule has 0 unspecified atom stereocenters. The molecule has 2 N–H and O–H groups in total. The first-order valence-electron chi connectivity index (χ1n) is 6.47. The number of hydrogen-bond acceptors (Lipinski definition) is 5. The zero-order valence-electron chi connectivity index (χ0n) is 13.0. The van der Waals surface area contributed by atoms with Crippen molar-refractivity contribution in [2.24, 2.45) is 14.1 Å². The lowest BCUT2D eigenvalue weighted by Gasteiger charge is -2.08. The SMILES string of the molecule is CNCCNC(=O)c1ccc2c(=O)n(C)c(=O)n(C)c2n1.Cl.Cl. The Morgan fingerprint density at radius 2 is 1.78 bits per heavy atom. The fourth-order valence-corrected chi connectivity index (χ4v) is 1.97. The van der Waals surface area contributed by atoms with E-state index in [1.807, 2.05) is 0 Å². The summed E-state index contributed by atoms with van der Waals surface area (Å²) in [4.78, 5) is 39.9. The van der Waals surface area contributed by atoms with Crippen LogP contribution in [-0.2, 0) is 14.1 Å². The van der Waals surface area contributed by atoms with Gasteiger partial charge in [-0.1, -0.05) is 0 Å². The number of nitrogens with zero attached hydrogens (tertiary/aromatic N) is 3. The van der Waals surface area contributed by atoms with E-state index in [9.17, 15) is 14.4 Å². The van der Waals surface area contributed by atoms with Crippen LogP contribution in [0.2, 0.25) is 0 Å². The number of carbonyl (C=O) groups is 1. The van der Waals surface area contributed by atoms with Crippen molar-refractivity contribution in [1.82, 2.24) is 24.8 Å².